The largest absolute Gasteiger partial charge is 0.382 e. The fourth-order valence-electron chi connectivity index (χ4n) is 2.93. The third kappa shape index (κ3) is 3.50. The number of aryl methyl sites for hydroxylation is 1. The second-order valence-corrected chi connectivity index (χ2v) is 7.21. The Kier molecular flexibility index (Phi) is 5.68. The molecule has 1 atom stereocenters. The Balaban J connectivity index is 1.90. The molecule has 0 fully saturated rings. The zero-order valence-corrected chi connectivity index (χ0v) is 16.1. The molecular weight excluding hydrogens is 350 g/mol. The smallest absolute Gasteiger partial charge is 0.276 e. The summed E-state index contributed by atoms with van der Waals surface area (Å²) >= 11 is 1.56. The number of aromatic nitrogens is 2. The van der Waals surface area contributed by atoms with Gasteiger partial charge in [-0.1, -0.05) is 18.2 Å². The summed E-state index contributed by atoms with van der Waals surface area (Å²) < 4.78 is 8.50. The minimum Gasteiger partial charge on any atom is -0.382 e. The molecule has 1 amide bonds. The lowest BCUT2D eigenvalue weighted by atomic mass is 10.2. The van der Waals surface area contributed by atoms with Crippen molar-refractivity contribution < 1.29 is 9.53 Å². The van der Waals surface area contributed by atoms with Gasteiger partial charge >= 0.3 is 0 Å². The number of ether oxygens (including phenoxy) is 1. The van der Waals surface area contributed by atoms with E-state index < -0.39 is 6.04 Å². The number of carbonyl (C=O) groups excluding carboxylic acids is 1. The monoisotopic (exact) mass is 373 g/mol. The molecule has 3 rings (SSSR count). The summed E-state index contributed by atoms with van der Waals surface area (Å²) in [5.41, 5.74) is 0.539. The molecule has 26 heavy (non-hydrogen) atoms. The first-order valence-corrected chi connectivity index (χ1v) is 9.62. The van der Waals surface area contributed by atoms with Gasteiger partial charge in [0.1, 0.15) is 6.04 Å². The molecule has 1 N–H and O–H groups in total. The van der Waals surface area contributed by atoms with Crippen LogP contribution in [-0.4, -0.2) is 35.4 Å². The molecule has 0 saturated heterocycles. The highest BCUT2D eigenvalue weighted by molar-refractivity contribution is 7.26. The minimum absolute atomic E-state index is 0.214. The first kappa shape index (κ1) is 18.5. The fourth-order valence-corrected chi connectivity index (χ4v) is 4.07. The topological polar surface area (TPSA) is 73.2 Å². The van der Waals surface area contributed by atoms with Crippen molar-refractivity contribution in [3.05, 3.63) is 40.3 Å². The Morgan fingerprint density at radius 1 is 1.38 bits per heavy atom. The quantitative estimate of drug-likeness (QED) is 0.646. The number of benzene rings is 1. The molecule has 0 aliphatic heterocycles. The summed E-state index contributed by atoms with van der Waals surface area (Å²) in [5, 5.41) is 8.82. The normalized spacial score (nSPS) is 12.6. The van der Waals surface area contributed by atoms with Crippen molar-refractivity contribution in [3.8, 4) is 0 Å². The molecule has 6 nitrogen and oxygen atoms in total. The predicted octanol–water partition coefficient (Wildman–Crippen LogP) is 3.02. The molecule has 0 aliphatic rings. The molecule has 1 aromatic carbocycles. The first-order valence-electron chi connectivity index (χ1n) is 8.80. The highest BCUT2D eigenvalue weighted by Gasteiger charge is 2.21. The highest BCUT2D eigenvalue weighted by Crippen LogP contribution is 2.32. The van der Waals surface area contributed by atoms with Gasteiger partial charge in [-0.05, 0) is 33.3 Å². The third-order valence-electron chi connectivity index (χ3n) is 4.32. The van der Waals surface area contributed by atoms with Crippen LogP contribution in [0.2, 0.25) is 0 Å². The maximum Gasteiger partial charge on any atom is 0.276 e. The first-order chi connectivity index (χ1) is 12.5. The SMILES string of the molecule is CCOCCCNC(=O)[C@H](C)n1nc(C)c2sc3ccccc3c2c1=O. The summed E-state index contributed by atoms with van der Waals surface area (Å²) in [6, 6.07) is 7.14. The lowest BCUT2D eigenvalue weighted by Gasteiger charge is -2.15. The Labute approximate surface area is 155 Å². The molecule has 2 aromatic heterocycles. The van der Waals surface area contributed by atoms with Gasteiger partial charge in [-0.2, -0.15) is 5.10 Å². The molecule has 2 heterocycles. The van der Waals surface area contributed by atoms with Crippen LogP contribution in [0.15, 0.2) is 29.1 Å². The van der Waals surface area contributed by atoms with E-state index in [0.29, 0.717) is 25.1 Å². The Hall–Kier alpha value is -2.25. The number of nitrogens with one attached hydrogen (secondary N) is 1. The molecule has 0 unspecified atom stereocenters. The lowest BCUT2D eigenvalue weighted by molar-refractivity contribution is -0.124. The summed E-state index contributed by atoms with van der Waals surface area (Å²) in [6.07, 6.45) is 0.738. The van der Waals surface area contributed by atoms with E-state index >= 15 is 0 Å². The number of fused-ring (bicyclic) bond motifs is 3. The van der Waals surface area contributed by atoms with Gasteiger partial charge in [0.15, 0.2) is 0 Å². The van der Waals surface area contributed by atoms with Gasteiger partial charge in [-0.3, -0.25) is 9.59 Å². The minimum atomic E-state index is -0.670. The molecule has 3 aromatic rings. The van der Waals surface area contributed by atoms with Crippen molar-refractivity contribution in [2.45, 2.75) is 33.2 Å². The van der Waals surface area contributed by atoms with Crippen molar-refractivity contribution in [2.75, 3.05) is 19.8 Å². The number of thiophene rings is 1. The van der Waals surface area contributed by atoms with Crippen LogP contribution >= 0.6 is 11.3 Å². The lowest BCUT2D eigenvalue weighted by Crippen LogP contribution is -2.38. The predicted molar refractivity (Wildman–Crippen MR) is 105 cm³/mol. The van der Waals surface area contributed by atoms with Gasteiger partial charge < -0.3 is 10.1 Å². The Bertz CT molecular complexity index is 993. The third-order valence-corrected chi connectivity index (χ3v) is 5.60. The average molecular weight is 373 g/mol. The van der Waals surface area contributed by atoms with Crippen LogP contribution in [-0.2, 0) is 9.53 Å². The summed E-state index contributed by atoms with van der Waals surface area (Å²) in [6.45, 7) is 7.30. The van der Waals surface area contributed by atoms with E-state index in [-0.39, 0.29) is 11.5 Å². The second kappa shape index (κ2) is 7.97. The van der Waals surface area contributed by atoms with E-state index in [1.807, 2.05) is 38.1 Å². The summed E-state index contributed by atoms with van der Waals surface area (Å²) in [4.78, 5) is 25.5. The van der Waals surface area contributed by atoms with Crippen LogP contribution in [0.1, 0.15) is 32.0 Å². The van der Waals surface area contributed by atoms with Gasteiger partial charge in [0.25, 0.3) is 5.56 Å². The van der Waals surface area contributed by atoms with Crippen molar-refractivity contribution >= 4 is 37.4 Å². The summed E-state index contributed by atoms with van der Waals surface area (Å²) in [7, 11) is 0. The molecule has 138 valence electrons. The zero-order valence-electron chi connectivity index (χ0n) is 15.2. The van der Waals surface area contributed by atoms with Crippen LogP contribution in [0.25, 0.3) is 20.2 Å². The van der Waals surface area contributed by atoms with Gasteiger partial charge in [0.2, 0.25) is 5.91 Å². The van der Waals surface area contributed by atoms with Crippen molar-refractivity contribution in [1.82, 2.24) is 15.1 Å². The number of hydrogen-bond donors (Lipinski definition) is 1. The number of carbonyl (C=O) groups is 1. The number of amides is 1. The maximum absolute atomic E-state index is 13.0. The molecule has 0 spiro atoms. The Morgan fingerprint density at radius 3 is 2.92 bits per heavy atom. The standard InChI is InChI=1S/C19H23N3O3S/c1-4-25-11-7-10-20-18(23)13(3)22-19(24)16-14-8-5-6-9-15(14)26-17(16)12(2)21-22/h5-6,8-9,13H,4,7,10-11H2,1-3H3,(H,20,23)/t13-/m0/s1. The van der Waals surface area contributed by atoms with E-state index in [2.05, 4.69) is 10.4 Å². The highest BCUT2D eigenvalue weighted by atomic mass is 32.1. The van der Waals surface area contributed by atoms with Crippen molar-refractivity contribution in [3.63, 3.8) is 0 Å². The van der Waals surface area contributed by atoms with Crippen LogP contribution in [0.3, 0.4) is 0 Å². The van der Waals surface area contributed by atoms with Crippen LogP contribution in [0.5, 0.6) is 0 Å². The molecule has 0 saturated carbocycles. The van der Waals surface area contributed by atoms with E-state index in [0.717, 1.165) is 26.9 Å². The molecule has 0 aliphatic carbocycles. The van der Waals surface area contributed by atoms with Gasteiger partial charge in [-0.15, -0.1) is 11.3 Å². The van der Waals surface area contributed by atoms with E-state index in [1.54, 1.807) is 18.3 Å². The van der Waals surface area contributed by atoms with E-state index in [9.17, 15) is 9.59 Å². The van der Waals surface area contributed by atoms with Crippen molar-refractivity contribution in [2.24, 2.45) is 0 Å². The van der Waals surface area contributed by atoms with Gasteiger partial charge in [0.05, 0.1) is 15.8 Å². The second-order valence-electron chi connectivity index (χ2n) is 6.15. The summed E-state index contributed by atoms with van der Waals surface area (Å²) in [5.74, 6) is -0.214. The molecular formula is C19H23N3O3S. The number of hydrogen-bond acceptors (Lipinski definition) is 5. The number of rotatable bonds is 7. The van der Waals surface area contributed by atoms with Crippen LogP contribution in [0.4, 0.5) is 0 Å². The molecule has 7 heteroatoms. The van der Waals surface area contributed by atoms with E-state index in [4.69, 9.17) is 4.74 Å². The Morgan fingerprint density at radius 2 is 2.15 bits per heavy atom. The van der Waals surface area contributed by atoms with Gasteiger partial charge in [0, 0.05) is 29.8 Å². The number of nitrogens with zero attached hydrogens (tertiary/aromatic N) is 2. The zero-order chi connectivity index (χ0) is 18.7. The molecule has 0 radical (unpaired) electrons. The molecule has 0 bridgehead atoms. The fraction of sp³-hybridized carbons (Fsp3) is 0.421. The van der Waals surface area contributed by atoms with Crippen molar-refractivity contribution in [1.29, 1.82) is 0 Å². The van der Waals surface area contributed by atoms with Crippen LogP contribution in [0, 0.1) is 6.92 Å². The van der Waals surface area contributed by atoms with Gasteiger partial charge in [-0.25, -0.2) is 4.68 Å². The maximum atomic E-state index is 13.0. The average Bonchev–Trinajstić information content (AvgIpc) is 3.04. The van der Waals surface area contributed by atoms with Crippen LogP contribution < -0.4 is 10.9 Å². The van der Waals surface area contributed by atoms with E-state index in [1.165, 1.54) is 4.68 Å².